The van der Waals surface area contributed by atoms with Crippen LogP contribution < -0.4 is 5.56 Å². The van der Waals surface area contributed by atoms with Gasteiger partial charge < -0.3 is 0 Å². The summed E-state index contributed by atoms with van der Waals surface area (Å²) in [6, 6.07) is 12.4. The van der Waals surface area contributed by atoms with E-state index in [1.165, 1.54) is 11.3 Å². The average Bonchev–Trinajstić information content (AvgIpc) is 2.48. The zero-order valence-corrected chi connectivity index (χ0v) is 10.9. The molecule has 0 saturated carbocycles. The van der Waals surface area contributed by atoms with Crippen LogP contribution >= 0.6 is 0 Å². The summed E-state index contributed by atoms with van der Waals surface area (Å²) in [5, 5.41) is 0. The third-order valence-corrected chi connectivity index (χ3v) is 3.22. The van der Waals surface area contributed by atoms with Gasteiger partial charge in [0.1, 0.15) is 5.65 Å². The van der Waals surface area contributed by atoms with Crippen molar-refractivity contribution in [3.8, 4) is 11.1 Å². The van der Waals surface area contributed by atoms with Gasteiger partial charge in [0, 0.05) is 18.0 Å². The Morgan fingerprint density at radius 1 is 1.10 bits per heavy atom. The van der Waals surface area contributed by atoms with E-state index in [-0.39, 0.29) is 11.3 Å². The molecule has 0 bridgehead atoms. The van der Waals surface area contributed by atoms with Gasteiger partial charge in [-0.25, -0.2) is 4.98 Å². The van der Waals surface area contributed by atoms with Crippen LogP contribution in [0.1, 0.15) is 17.3 Å². The number of fused-ring (bicyclic) bond motifs is 1. The Labute approximate surface area is 115 Å². The summed E-state index contributed by atoms with van der Waals surface area (Å²) in [4.78, 5) is 27.9. The monoisotopic (exact) mass is 264 g/mol. The van der Waals surface area contributed by atoms with Crippen molar-refractivity contribution in [2.75, 3.05) is 0 Å². The van der Waals surface area contributed by atoms with E-state index >= 15 is 0 Å². The topological polar surface area (TPSA) is 51.4 Å². The zero-order chi connectivity index (χ0) is 14.1. The quantitative estimate of drug-likeness (QED) is 0.668. The van der Waals surface area contributed by atoms with Crippen molar-refractivity contribution in [2.24, 2.45) is 0 Å². The van der Waals surface area contributed by atoms with Gasteiger partial charge >= 0.3 is 0 Å². The summed E-state index contributed by atoms with van der Waals surface area (Å²) in [6.45, 7) is 1.52. The number of Topliss-reactive ketones (excluding diaryl/α,β-unsaturated/α-hetero) is 1. The smallest absolute Gasteiger partial charge is 0.265 e. The van der Waals surface area contributed by atoms with E-state index in [2.05, 4.69) is 4.98 Å². The van der Waals surface area contributed by atoms with Crippen LogP contribution in [0.15, 0.2) is 59.7 Å². The number of carbonyl (C=O) groups is 1. The van der Waals surface area contributed by atoms with Crippen molar-refractivity contribution in [1.82, 2.24) is 9.38 Å². The number of hydrogen-bond acceptors (Lipinski definition) is 3. The minimum Gasteiger partial charge on any atom is -0.295 e. The maximum absolute atomic E-state index is 12.4. The molecule has 4 nitrogen and oxygen atoms in total. The van der Waals surface area contributed by atoms with Gasteiger partial charge in [-0.1, -0.05) is 30.3 Å². The molecule has 1 aromatic carbocycles. The van der Waals surface area contributed by atoms with Crippen LogP contribution in [-0.2, 0) is 0 Å². The third-order valence-electron chi connectivity index (χ3n) is 3.22. The molecule has 0 amide bonds. The summed E-state index contributed by atoms with van der Waals surface area (Å²) in [5.74, 6) is 0.00454. The van der Waals surface area contributed by atoms with Gasteiger partial charge in [0.15, 0.2) is 5.78 Å². The minimum atomic E-state index is -0.119. The Morgan fingerprint density at radius 2 is 1.85 bits per heavy atom. The molecule has 0 atom stereocenters. The molecular weight excluding hydrogens is 252 g/mol. The van der Waals surface area contributed by atoms with Crippen LogP contribution in [-0.4, -0.2) is 15.2 Å². The predicted molar refractivity (Wildman–Crippen MR) is 76.9 cm³/mol. The highest BCUT2D eigenvalue weighted by molar-refractivity contribution is 5.94. The van der Waals surface area contributed by atoms with E-state index in [9.17, 15) is 9.59 Å². The molecule has 3 aromatic rings. The van der Waals surface area contributed by atoms with Crippen LogP contribution in [0, 0.1) is 0 Å². The van der Waals surface area contributed by atoms with Gasteiger partial charge in [-0.05, 0) is 24.6 Å². The van der Waals surface area contributed by atoms with Gasteiger partial charge in [-0.2, -0.15) is 0 Å². The molecule has 0 radical (unpaired) electrons. The van der Waals surface area contributed by atoms with Crippen molar-refractivity contribution in [3.63, 3.8) is 0 Å². The number of ketones is 1. The van der Waals surface area contributed by atoms with Crippen molar-refractivity contribution < 1.29 is 4.79 Å². The lowest BCUT2D eigenvalue weighted by Crippen LogP contribution is -2.16. The van der Waals surface area contributed by atoms with Gasteiger partial charge in [-0.3, -0.25) is 14.0 Å². The predicted octanol–water partition coefficient (Wildman–Crippen LogP) is 2.56. The largest absolute Gasteiger partial charge is 0.295 e. The number of aromatic nitrogens is 2. The van der Waals surface area contributed by atoms with E-state index in [1.807, 2.05) is 6.07 Å². The molecule has 20 heavy (non-hydrogen) atoms. The highest BCUT2D eigenvalue weighted by Crippen LogP contribution is 2.16. The maximum Gasteiger partial charge on any atom is 0.265 e. The summed E-state index contributed by atoms with van der Waals surface area (Å²) in [6.07, 6.45) is 3.26. The molecule has 0 aliphatic carbocycles. The molecule has 0 aliphatic rings. The summed E-state index contributed by atoms with van der Waals surface area (Å²) < 4.78 is 1.51. The maximum atomic E-state index is 12.4. The molecule has 0 unspecified atom stereocenters. The second-order valence-electron chi connectivity index (χ2n) is 4.54. The van der Waals surface area contributed by atoms with Crippen molar-refractivity contribution in [3.05, 3.63) is 70.8 Å². The zero-order valence-electron chi connectivity index (χ0n) is 10.9. The van der Waals surface area contributed by atoms with Gasteiger partial charge in [0.05, 0.1) is 5.56 Å². The fourth-order valence-electron chi connectivity index (χ4n) is 2.11. The number of benzene rings is 1. The standard InChI is InChI=1S/C16H12N2O2/c1-11(19)12-5-7-13(8-6-12)14-10-17-15-4-2-3-9-18(15)16(14)20/h2-10H,1H3. The van der Waals surface area contributed by atoms with Gasteiger partial charge in [-0.15, -0.1) is 0 Å². The molecular formula is C16H12N2O2. The number of rotatable bonds is 2. The Kier molecular flexibility index (Phi) is 2.91. The fourth-order valence-corrected chi connectivity index (χ4v) is 2.11. The fraction of sp³-hybridized carbons (Fsp3) is 0.0625. The first-order chi connectivity index (χ1) is 9.66. The molecule has 0 fully saturated rings. The molecule has 3 rings (SSSR count). The Morgan fingerprint density at radius 3 is 2.55 bits per heavy atom. The van der Waals surface area contributed by atoms with Gasteiger partial charge in [0.25, 0.3) is 5.56 Å². The number of carbonyl (C=O) groups excluding carboxylic acids is 1. The molecule has 0 N–H and O–H groups in total. The highest BCUT2D eigenvalue weighted by atomic mass is 16.1. The molecule has 2 heterocycles. The first-order valence-electron chi connectivity index (χ1n) is 6.24. The van der Waals surface area contributed by atoms with E-state index in [0.717, 1.165) is 5.56 Å². The second kappa shape index (κ2) is 4.74. The van der Waals surface area contributed by atoms with E-state index in [4.69, 9.17) is 0 Å². The second-order valence-corrected chi connectivity index (χ2v) is 4.54. The third kappa shape index (κ3) is 2.01. The lowest BCUT2D eigenvalue weighted by atomic mass is 10.0. The first kappa shape index (κ1) is 12.3. The number of pyridine rings is 1. The molecule has 0 saturated heterocycles. The summed E-state index contributed by atoms with van der Waals surface area (Å²) in [5.41, 5.74) is 2.39. The van der Waals surface area contributed by atoms with Gasteiger partial charge in [0.2, 0.25) is 0 Å². The lowest BCUT2D eigenvalue weighted by Gasteiger charge is -2.04. The molecule has 98 valence electrons. The Hall–Kier alpha value is -2.75. The number of nitrogens with zero attached hydrogens (tertiary/aromatic N) is 2. The summed E-state index contributed by atoms with van der Waals surface area (Å²) in [7, 11) is 0. The van der Waals surface area contributed by atoms with Crippen LogP contribution in [0.25, 0.3) is 16.8 Å². The van der Waals surface area contributed by atoms with Crippen molar-refractivity contribution in [2.45, 2.75) is 6.92 Å². The summed E-state index contributed by atoms with van der Waals surface area (Å²) >= 11 is 0. The molecule has 4 heteroatoms. The number of hydrogen-bond donors (Lipinski definition) is 0. The molecule has 0 aliphatic heterocycles. The van der Waals surface area contributed by atoms with E-state index in [0.29, 0.717) is 16.8 Å². The Bertz CT molecular complexity index is 848. The first-order valence-corrected chi connectivity index (χ1v) is 6.24. The van der Waals surface area contributed by atoms with E-state index in [1.54, 1.807) is 48.8 Å². The van der Waals surface area contributed by atoms with Crippen LogP contribution in [0.3, 0.4) is 0 Å². The van der Waals surface area contributed by atoms with Crippen LogP contribution in [0.4, 0.5) is 0 Å². The lowest BCUT2D eigenvalue weighted by molar-refractivity contribution is 0.101. The normalized spacial score (nSPS) is 10.7. The highest BCUT2D eigenvalue weighted by Gasteiger charge is 2.07. The SMILES string of the molecule is CC(=O)c1ccc(-c2cnc3ccccn3c2=O)cc1. The molecule has 0 spiro atoms. The minimum absolute atomic E-state index is 0.00454. The average molecular weight is 264 g/mol. The van der Waals surface area contributed by atoms with Crippen LogP contribution in [0.2, 0.25) is 0 Å². The van der Waals surface area contributed by atoms with Crippen LogP contribution in [0.5, 0.6) is 0 Å². The molecule has 2 aromatic heterocycles. The van der Waals surface area contributed by atoms with Crippen molar-refractivity contribution >= 4 is 11.4 Å². The van der Waals surface area contributed by atoms with Crippen molar-refractivity contribution in [1.29, 1.82) is 0 Å². The van der Waals surface area contributed by atoms with E-state index < -0.39 is 0 Å². The Balaban J connectivity index is 2.17.